The van der Waals surface area contributed by atoms with Crippen LogP contribution >= 0.6 is 12.6 Å². The van der Waals surface area contributed by atoms with E-state index in [2.05, 4.69) is 22.1 Å². The van der Waals surface area contributed by atoms with Crippen molar-refractivity contribution in [1.29, 1.82) is 0 Å². The number of nitrogens with one attached hydrogen (secondary N) is 1. The lowest BCUT2D eigenvalue weighted by atomic mass is 10.1. The van der Waals surface area contributed by atoms with Crippen LogP contribution in [0.3, 0.4) is 0 Å². The van der Waals surface area contributed by atoms with Crippen LogP contribution in [0, 0.1) is 18.6 Å². The predicted molar refractivity (Wildman–Crippen MR) is 97.6 cm³/mol. The quantitative estimate of drug-likeness (QED) is 0.575. The van der Waals surface area contributed by atoms with E-state index in [1.165, 1.54) is 12.1 Å². The summed E-state index contributed by atoms with van der Waals surface area (Å²) >= 11 is 4.18. The van der Waals surface area contributed by atoms with Gasteiger partial charge in [-0.25, -0.2) is 26.7 Å². The van der Waals surface area contributed by atoms with Gasteiger partial charge in [-0.1, -0.05) is 17.7 Å². The number of aryl methyl sites for hydroxylation is 1. The van der Waals surface area contributed by atoms with Crippen LogP contribution in [0.2, 0.25) is 0 Å². The lowest BCUT2D eigenvalue weighted by molar-refractivity contribution is -0.139. The van der Waals surface area contributed by atoms with Gasteiger partial charge >= 0.3 is 5.97 Å². The van der Waals surface area contributed by atoms with E-state index in [0.29, 0.717) is 0 Å². The molecule has 2 aromatic rings. The molecule has 146 valence electrons. The molecule has 0 heterocycles. The molecule has 2 N–H and O–H groups in total. The summed E-state index contributed by atoms with van der Waals surface area (Å²) in [4.78, 5) is 10.5. The van der Waals surface area contributed by atoms with E-state index in [4.69, 9.17) is 5.11 Å². The highest BCUT2D eigenvalue weighted by atomic mass is 32.2. The molecule has 0 amide bonds. The van der Waals surface area contributed by atoms with E-state index in [1.807, 2.05) is 6.92 Å². The van der Waals surface area contributed by atoms with Crippen molar-refractivity contribution in [2.45, 2.75) is 17.1 Å². The summed E-state index contributed by atoms with van der Waals surface area (Å²) in [6, 6.07) is 8.01. The van der Waals surface area contributed by atoms with Crippen molar-refractivity contribution in [3.63, 3.8) is 0 Å². The zero-order valence-electron chi connectivity index (χ0n) is 14.1. The first-order valence-corrected chi connectivity index (χ1v) is 9.68. The fourth-order valence-corrected chi connectivity index (χ4v) is 3.56. The van der Waals surface area contributed by atoms with Gasteiger partial charge in [-0.2, -0.15) is 12.6 Å². The Morgan fingerprint density at radius 2 is 1.78 bits per heavy atom. The van der Waals surface area contributed by atoms with Crippen LogP contribution in [-0.2, 0) is 14.8 Å². The highest BCUT2D eigenvalue weighted by molar-refractivity contribution is 7.89. The SMILES string of the molecule is Cc1ccc(S(=O)(=O)NCC(S)c2cc(F)c(OCC(=O)O)c(F)c2)cc1. The van der Waals surface area contributed by atoms with Gasteiger partial charge in [0.05, 0.1) is 4.90 Å². The summed E-state index contributed by atoms with van der Waals surface area (Å²) in [6.07, 6.45) is 0. The Morgan fingerprint density at radius 3 is 2.30 bits per heavy atom. The molecule has 0 aliphatic heterocycles. The first-order valence-electron chi connectivity index (χ1n) is 7.68. The second kappa shape index (κ2) is 8.68. The number of benzene rings is 2. The van der Waals surface area contributed by atoms with Gasteiger partial charge in [-0.15, -0.1) is 0 Å². The number of carbonyl (C=O) groups is 1. The third-order valence-corrected chi connectivity index (χ3v) is 5.46. The Labute approximate surface area is 160 Å². The smallest absolute Gasteiger partial charge is 0.341 e. The summed E-state index contributed by atoms with van der Waals surface area (Å²) in [5.74, 6) is -4.41. The average Bonchev–Trinajstić information content (AvgIpc) is 2.59. The topological polar surface area (TPSA) is 92.7 Å². The van der Waals surface area contributed by atoms with Crippen LogP contribution < -0.4 is 9.46 Å². The second-order valence-electron chi connectivity index (χ2n) is 5.68. The van der Waals surface area contributed by atoms with Crippen LogP contribution in [0.1, 0.15) is 16.4 Å². The molecule has 0 bridgehead atoms. The minimum Gasteiger partial charge on any atom is -0.479 e. The molecule has 0 spiro atoms. The molecule has 0 fully saturated rings. The maximum atomic E-state index is 14.0. The van der Waals surface area contributed by atoms with E-state index >= 15 is 0 Å². The van der Waals surface area contributed by atoms with Crippen LogP contribution in [0.4, 0.5) is 8.78 Å². The fraction of sp³-hybridized carbons (Fsp3) is 0.235. The van der Waals surface area contributed by atoms with E-state index in [-0.39, 0.29) is 17.0 Å². The molecule has 10 heteroatoms. The number of hydrogen-bond donors (Lipinski definition) is 3. The molecule has 1 unspecified atom stereocenters. The number of rotatable bonds is 8. The molecule has 2 aromatic carbocycles. The van der Waals surface area contributed by atoms with Crippen molar-refractivity contribution in [3.05, 3.63) is 59.2 Å². The van der Waals surface area contributed by atoms with Crippen LogP contribution in [0.15, 0.2) is 41.3 Å². The lowest BCUT2D eigenvalue weighted by Gasteiger charge is -2.15. The summed E-state index contributed by atoms with van der Waals surface area (Å²) in [5, 5.41) is 7.66. The Balaban J connectivity index is 2.10. The normalized spacial score (nSPS) is 12.6. The predicted octanol–water partition coefficient (Wildman–Crippen LogP) is 2.69. The Hall–Kier alpha value is -2.17. The fourth-order valence-electron chi connectivity index (χ4n) is 2.15. The molecular weight excluding hydrogens is 400 g/mol. The minimum atomic E-state index is -3.80. The summed E-state index contributed by atoms with van der Waals surface area (Å²) in [7, 11) is -3.80. The highest BCUT2D eigenvalue weighted by Crippen LogP contribution is 2.28. The first kappa shape index (κ1) is 21.1. The Kier molecular flexibility index (Phi) is 6.79. The van der Waals surface area contributed by atoms with Crippen molar-refractivity contribution >= 4 is 28.6 Å². The van der Waals surface area contributed by atoms with E-state index in [9.17, 15) is 22.0 Å². The molecule has 0 aliphatic rings. The highest BCUT2D eigenvalue weighted by Gasteiger charge is 2.20. The number of hydrogen-bond acceptors (Lipinski definition) is 5. The monoisotopic (exact) mass is 417 g/mol. The first-order chi connectivity index (χ1) is 12.6. The van der Waals surface area contributed by atoms with Gasteiger partial charge < -0.3 is 9.84 Å². The van der Waals surface area contributed by atoms with Crippen LogP contribution in [-0.4, -0.2) is 32.6 Å². The van der Waals surface area contributed by atoms with Crippen molar-refractivity contribution in [1.82, 2.24) is 4.72 Å². The van der Waals surface area contributed by atoms with E-state index in [0.717, 1.165) is 17.7 Å². The van der Waals surface area contributed by atoms with Gasteiger partial charge in [0.25, 0.3) is 0 Å². The largest absolute Gasteiger partial charge is 0.479 e. The Morgan fingerprint density at radius 1 is 1.22 bits per heavy atom. The standard InChI is InChI=1S/C17H17F2NO5S2/c1-10-2-4-12(5-3-10)27(23,24)20-8-15(26)11-6-13(18)17(14(19)7-11)25-9-16(21)22/h2-7,15,20,26H,8-9H2,1H3,(H,21,22). The molecule has 0 aromatic heterocycles. The molecule has 0 saturated heterocycles. The van der Waals surface area contributed by atoms with Crippen molar-refractivity contribution < 1.29 is 31.8 Å². The molecule has 2 rings (SSSR count). The van der Waals surface area contributed by atoms with Crippen molar-refractivity contribution in [2.75, 3.05) is 13.2 Å². The number of halogens is 2. The van der Waals surface area contributed by atoms with Gasteiger partial charge in [-0.05, 0) is 36.8 Å². The van der Waals surface area contributed by atoms with E-state index < -0.39 is 45.2 Å². The second-order valence-corrected chi connectivity index (χ2v) is 8.07. The zero-order valence-corrected chi connectivity index (χ0v) is 15.9. The number of sulfonamides is 1. The van der Waals surface area contributed by atoms with E-state index in [1.54, 1.807) is 12.1 Å². The summed E-state index contributed by atoms with van der Waals surface area (Å²) in [6.45, 7) is 0.710. The van der Waals surface area contributed by atoms with Gasteiger partial charge in [0, 0.05) is 11.8 Å². The third-order valence-electron chi connectivity index (χ3n) is 3.54. The van der Waals surface area contributed by atoms with Crippen molar-refractivity contribution in [2.24, 2.45) is 0 Å². The van der Waals surface area contributed by atoms with Gasteiger partial charge in [-0.3, -0.25) is 0 Å². The van der Waals surface area contributed by atoms with Crippen molar-refractivity contribution in [3.8, 4) is 5.75 Å². The number of aliphatic carboxylic acids is 1. The number of thiol groups is 1. The number of carboxylic acids is 1. The van der Waals surface area contributed by atoms with Crippen LogP contribution in [0.25, 0.3) is 0 Å². The summed E-state index contributed by atoms with van der Waals surface area (Å²) < 4.78 is 59.3. The molecule has 0 radical (unpaired) electrons. The van der Waals surface area contributed by atoms with Gasteiger partial charge in [0.1, 0.15) is 0 Å². The van der Waals surface area contributed by atoms with Crippen LogP contribution in [0.5, 0.6) is 5.75 Å². The maximum Gasteiger partial charge on any atom is 0.341 e. The van der Waals surface area contributed by atoms with Gasteiger partial charge in [0.2, 0.25) is 10.0 Å². The number of carboxylic acid groups (broad SMARTS) is 1. The molecule has 0 saturated carbocycles. The molecular formula is C17H17F2NO5S2. The molecule has 27 heavy (non-hydrogen) atoms. The summed E-state index contributed by atoms with van der Waals surface area (Å²) in [5.41, 5.74) is 0.972. The molecule has 0 aliphatic carbocycles. The number of ether oxygens (including phenoxy) is 1. The minimum absolute atomic E-state index is 0.0587. The Bertz CT molecular complexity index is 910. The lowest BCUT2D eigenvalue weighted by Crippen LogP contribution is -2.27. The maximum absolute atomic E-state index is 14.0. The third kappa shape index (κ3) is 5.65. The zero-order chi connectivity index (χ0) is 20.2. The molecule has 6 nitrogen and oxygen atoms in total. The average molecular weight is 417 g/mol. The van der Waals surface area contributed by atoms with Gasteiger partial charge in [0.15, 0.2) is 24.0 Å². The molecule has 1 atom stereocenters.